The smallest absolute Gasteiger partial charge is 0.113 e. The van der Waals surface area contributed by atoms with Crippen LogP contribution in [0.15, 0.2) is 24.4 Å². The van der Waals surface area contributed by atoms with Gasteiger partial charge < -0.3 is 9.64 Å². The summed E-state index contributed by atoms with van der Waals surface area (Å²) in [5, 5.41) is 8.69. The molecule has 0 aliphatic carbocycles. The predicted octanol–water partition coefficient (Wildman–Crippen LogP) is 3.42. The van der Waals surface area contributed by atoms with E-state index in [-0.39, 0.29) is 6.10 Å². The number of anilines is 1. The van der Waals surface area contributed by atoms with Gasteiger partial charge in [-0.1, -0.05) is 11.3 Å². The summed E-state index contributed by atoms with van der Waals surface area (Å²) in [6.07, 6.45) is 8.50. The van der Waals surface area contributed by atoms with Crippen molar-refractivity contribution in [2.75, 3.05) is 24.6 Å². The van der Waals surface area contributed by atoms with Gasteiger partial charge in [-0.2, -0.15) is 0 Å². The molecule has 128 valence electrons. The van der Waals surface area contributed by atoms with Crippen LogP contribution in [0.25, 0.3) is 11.3 Å². The first-order valence-corrected chi connectivity index (χ1v) is 9.17. The van der Waals surface area contributed by atoms with Crippen LogP contribution < -0.4 is 4.90 Å². The van der Waals surface area contributed by atoms with E-state index in [1.54, 1.807) is 0 Å². The van der Waals surface area contributed by atoms with E-state index in [4.69, 9.17) is 4.74 Å². The number of hydrogen-bond acceptors (Lipinski definition) is 4. The molecule has 0 radical (unpaired) electrons. The molecule has 5 heteroatoms. The third kappa shape index (κ3) is 3.31. The van der Waals surface area contributed by atoms with Crippen LogP contribution in [0, 0.1) is 6.92 Å². The van der Waals surface area contributed by atoms with Crippen LogP contribution in [0.1, 0.15) is 37.7 Å². The molecule has 2 saturated heterocycles. The Morgan fingerprint density at radius 2 is 2.04 bits per heavy atom. The van der Waals surface area contributed by atoms with Gasteiger partial charge in [0.25, 0.3) is 0 Å². The molecule has 5 nitrogen and oxygen atoms in total. The van der Waals surface area contributed by atoms with Gasteiger partial charge >= 0.3 is 0 Å². The van der Waals surface area contributed by atoms with Crippen LogP contribution >= 0.6 is 0 Å². The quantitative estimate of drug-likeness (QED) is 0.863. The molecule has 1 aromatic carbocycles. The van der Waals surface area contributed by atoms with Crippen molar-refractivity contribution in [3.63, 3.8) is 0 Å². The largest absolute Gasteiger partial charge is 0.376 e. The molecule has 24 heavy (non-hydrogen) atoms. The number of rotatable bonds is 4. The average Bonchev–Trinajstić information content (AvgIpc) is 3.27. The molecule has 0 bridgehead atoms. The predicted molar refractivity (Wildman–Crippen MR) is 95.2 cm³/mol. The summed E-state index contributed by atoms with van der Waals surface area (Å²) >= 11 is 0. The molecule has 0 saturated carbocycles. The first-order valence-electron chi connectivity index (χ1n) is 9.17. The lowest BCUT2D eigenvalue weighted by atomic mass is 10.1. The minimum atomic E-state index is 0.284. The molecule has 1 aromatic heterocycles. The van der Waals surface area contributed by atoms with Gasteiger partial charge in [0.1, 0.15) is 5.69 Å². The van der Waals surface area contributed by atoms with Crippen LogP contribution in [0.5, 0.6) is 0 Å². The van der Waals surface area contributed by atoms with E-state index >= 15 is 0 Å². The summed E-state index contributed by atoms with van der Waals surface area (Å²) in [4.78, 5) is 2.47. The Kier molecular flexibility index (Phi) is 4.52. The zero-order chi connectivity index (χ0) is 16.4. The fraction of sp³-hybridized carbons (Fsp3) is 0.579. The second-order valence-corrected chi connectivity index (χ2v) is 7.01. The first-order chi connectivity index (χ1) is 11.8. The molecule has 1 unspecified atom stereocenters. The van der Waals surface area contributed by atoms with Crippen LogP contribution in [-0.2, 0) is 11.3 Å². The summed E-state index contributed by atoms with van der Waals surface area (Å²) in [6, 6.07) is 6.69. The van der Waals surface area contributed by atoms with Gasteiger partial charge in [0.05, 0.1) is 18.8 Å². The van der Waals surface area contributed by atoms with Crippen molar-refractivity contribution in [2.45, 2.75) is 51.7 Å². The van der Waals surface area contributed by atoms with E-state index in [1.165, 1.54) is 55.6 Å². The monoisotopic (exact) mass is 326 g/mol. The van der Waals surface area contributed by atoms with Crippen molar-refractivity contribution in [3.8, 4) is 11.3 Å². The average molecular weight is 326 g/mol. The Morgan fingerprint density at radius 3 is 2.79 bits per heavy atom. The van der Waals surface area contributed by atoms with Crippen LogP contribution in [0.4, 0.5) is 5.69 Å². The Hall–Kier alpha value is -1.88. The van der Waals surface area contributed by atoms with Gasteiger partial charge in [-0.3, -0.25) is 0 Å². The summed E-state index contributed by atoms with van der Waals surface area (Å²) < 4.78 is 7.73. The lowest BCUT2D eigenvalue weighted by molar-refractivity contribution is 0.00370. The van der Waals surface area contributed by atoms with Crippen molar-refractivity contribution >= 4 is 5.69 Å². The van der Waals surface area contributed by atoms with Crippen LogP contribution in [0.3, 0.4) is 0 Å². The normalized spacial score (nSPS) is 21.4. The Labute approximate surface area is 143 Å². The molecule has 2 aromatic rings. The molecule has 0 spiro atoms. The number of aromatic nitrogens is 3. The van der Waals surface area contributed by atoms with E-state index in [1.807, 2.05) is 4.68 Å². The van der Waals surface area contributed by atoms with Gasteiger partial charge in [-0.25, -0.2) is 4.68 Å². The Bertz CT molecular complexity index is 684. The maximum absolute atomic E-state index is 5.80. The highest BCUT2D eigenvalue weighted by Crippen LogP contribution is 2.28. The van der Waals surface area contributed by atoms with E-state index < -0.39 is 0 Å². The summed E-state index contributed by atoms with van der Waals surface area (Å²) in [5.74, 6) is 0. The minimum Gasteiger partial charge on any atom is -0.376 e. The van der Waals surface area contributed by atoms with Crippen molar-refractivity contribution in [2.24, 2.45) is 0 Å². The zero-order valence-corrected chi connectivity index (χ0v) is 14.4. The maximum Gasteiger partial charge on any atom is 0.113 e. The van der Waals surface area contributed by atoms with Crippen molar-refractivity contribution in [1.82, 2.24) is 15.0 Å². The zero-order valence-electron chi connectivity index (χ0n) is 14.4. The van der Waals surface area contributed by atoms with Crippen LogP contribution in [0.2, 0.25) is 0 Å². The maximum atomic E-state index is 5.80. The molecule has 3 heterocycles. The molecular weight excluding hydrogens is 300 g/mol. The van der Waals surface area contributed by atoms with Gasteiger partial charge in [0.15, 0.2) is 0 Å². The fourth-order valence-corrected chi connectivity index (χ4v) is 3.78. The lowest BCUT2D eigenvalue weighted by Gasteiger charge is -2.21. The number of benzene rings is 1. The van der Waals surface area contributed by atoms with E-state index in [2.05, 4.69) is 46.5 Å². The number of ether oxygens (including phenoxy) is 1. The molecule has 2 fully saturated rings. The van der Waals surface area contributed by atoms with E-state index in [0.717, 1.165) is 25.3 Å². The molecule has 1 atom stereocenters. The molecule has 4 rings (SSSR count). The third-order valence-electron chi connectivity index (χ3n) is 5.16. The van der Waals surface area contributed by atoms with Crippen LogP contribution in [-0.4, -0.2) is 40.8 Å². The van der Waals surface area contributed by atoms with Crippen molar-refractivity contribution < 1.29 is 4.74 Å². The van der Waals surface area contributed by atoms with Gasteiger partial charge in [0.2, 0.25) is 0 Å². The second kappa shape index (κ2) is 6.93. The van der Waals surface area contributed by atoms with Crippen molar-refractivity contribution in [3.05, 3.63) is 30.0 Å². The van der Waals surface area contributed by atoms with Crippen molar-refractivity contribution in [1.29, 1.82) is 0 Å². The highest BCUT2D eigenvalue weighted by atomic mass is 16.5. The SMILES string of the molecule is Cc1cc(N2CCCC2)ccc1-c1cn(CC2CCCCO2)nn1. The molecule has 0 N–H and O–H groups in total. The summed E-state index contributed by atoms with van der Waals surface area (Å²) in [7, 11) is 0. The van der Waals surface area contributed by atoms with Gasteiger partial charge in [-0.15, -0.1) is 5.10 Å². The van der Waals surface area contributed by atoms with Gasteiger partial charge in [-0.05, 0) is 56.7 Å². The third-order valence-corrected chi connectivity index (χ3v) is 5.16. The van der Waals surface area contributed by atoms with E-state index in [0.29, 0.717) is 0 Å². The molecule has 0 amide bonds. The van der Waals surface area contributed by atoms with E-state index in [9.17, 15) is 0 Å². The Balaban J connectivity index is 1.49. The summed E-state index contributed by atoms with van der Waals surface area (Å²) in [6.45, 7) is 6.20. The number of hydrogen-bond donors (Lipinski definition) is 0. The lowest BCUT2D eigenvalue weighted by Crippen LogP contribution is -2.24. The topological polar surface area (TPSA) is 43.2 Å². The highest BCUT2D eigenvalue weighted by molar-refractivity contribution is 5.67. The second-order valence-electron chi connectivity index (χ2n) is 7.01. The molecule has 2 aliphatic heterocycles. The number of nitrogens with zero attached hydrogens (tertiary/aromatic N) is 4. The standard InChI is InChI=1S/C19H26N4O/c1-15-12-16(22-9-3-4-10-22)7-8-18(15)19-14-23(21-20-19)13-17-6-2-5-11-24-17/h7-8,12,14,17H,2-6,9-11,13H2,1H3. The molecular formula is C19H26N4O. The molecule has 2 aliphatic rings. The van der Waals surface area contributed by atoms with Gasteiger partial charge in [0, 0.05) is 30.9 Å². The fourth-order valence-electron chi connectivity index (χ4n) is 3.78. The number of aryl methyl sites for hydroxylation is 1. The summed E-state index contributed by atoms with van der Waals surface area (Å²) in [5.41, 5.74) is 4.72. The first kappa shape index (κ1) is 15.6. The minimum absolute atomic E-state index is 0.284. The highest BCUT2D eigenvalue weighted by Gasteiger charge is 2.17. The Morgan fingerprint density at radius 1 is 1.17 bits per heavy atom.